The van der Waals surface area contributed by atoms with Crippen molar-refractivity contribution in [3.63, 3.8) is 0 Å². The minimum atomic E-state index is 0. The Morgan fingerprint density at radius 1 is 1.23 bits per heavy atom. The van der Waals surface area contributed by atoms with Crippen molar-refractivity contribution in [2.75, 3.05) is 6.54 Å². The summed E-state index contributed by atoms with van der Waals surface area (Å²) in [6, 6.07) is 0. The van der Waals surface area contributed by atoms with Crippen LogP contribution in [0.2, 0.25) is 0 Å². The summed E-state index contributed by atoms with van der Waals surface area (Å²) in [5, 5.41) is 0. The maximum Gasteiger partial charge on any atom is 1.00 e. The predicted molar refractivity (Wildman–Crippen MR) is 56.6 cm³/mol. The second kappa shape index (κ2) is 8.85. The summed E-state index contributed by atoms with van der Waals surface area (Å²) in [6.45, 7) is 11.3. The fourth-order valence-corrected chi connectivity index (χ4v) is 0.942. The van der Waals surface area contributed by atoms with Crippen LogP contribution in [0.1, 0.15) is 46.5 Å². The van der Waals surface area contributed by atoms with Crippen molar-refractivity contribution in [3.8, 4) is 0 Å². The Morgan fingerprint density at radius 3 is 2.31 bits per heavy atom. The van der Waals surface area contributed by atoms with Crippen LogP contribution in [0.5, 0.6) is 0 Å². The molecular formula is C11H22LiN. The zero-order valence-corrected chi connectivity index (χ0v) is 9.77. The van der Waals surface area contributed by atoms with E-state index in [1.54, 1.807) is 0 Å². The molecule has 0 N–H and O–H groups in total. The molecule has 0 amide bonds. The Kier molecular flexibility index (Phi) is 10.7. The average molecular weight is 175 g/mol. The second-order valence-electron chi connectivity index (χ2n) is 4.08. The Balaban J connectivity index is 0. The van der Waals surface area contributed by atoms with Crippen LogP contribution in [-0.4, -0.2) is 12.8 Å². The number of hydrogen-bond donors (Lipinski definition) is 0. The molecule has 0 bridgehead atoms. The van der Waals surface area contributed by atoms with Gasteiger partial charge in [-0.05, 0) is 12.6 Å². The zero-order chi connectivity index (χ0) is 9.45. The average Bonchev–Trinajstić information content (AvgIpc) is 1.94. The number of rotatable bonds is 6. The Labute approximate surface area is 95.6 Å². The first-order valence-electron chi connectivity index (χ1n) is 4.92. The van der Waals surface area contributed by atoms with Gasteiger partial charge in [0.15, 0.2) is 0 Å². The van der Waals surface area contributed by atoms with Crippen molar-refractivity contribution in [1.29, 1.82) is 0 Å². The Bertz CT molecular complexity index is 125. The fraction of sp³-hybridized carbons (Fsp3) is 0.818. The molecule has 0 aromatic carbocycles. The molecule has 72 valence electrons. The molecule has 0 fully saturated rings. The SMILES string of the molecule is [CH2-]C(C)(C)C=NCCCCCC.[Li+]. The molecule has 0 atom stereocenters. The van der Waals surface area contributed by atoms with E-state index < -0.39 is 0 Å². The van der Waals surface area contributed by atoms with Crippen LogP contribution < -0.4 is 18.9 Å². The van der Waals surface area contributed by atoms with Gasteiger partial charge in [-0.25, -0.2) is 0 Å². The largest absolute Gasteiger partial charge is 1.00 e. The number of unbranched alkanes of at least 4 members (excludes halogenated alkanes) is 3. The van der Waals surface area contributed by atoms with Crippen LogP contribution in [0.15, 0.2) is 4.99 Å². The zero-order valence-electron chi connectivity index (χ0n) is 9.77. The molecule has 0 aliphatic carbocycles. The standard InChI is InChI=1S/C11H22N.Li/c1-5-6-7-8-9-12-10-11(2,3)4;/h10H,2,5-9H2,1,3-4H3;/q-1;+1. The van der Waals surface area contributed by atoms with E-state index in [0.717, 1.165) is 6.54 Å². The van der Waals surface area contributed by atoms with Gasteiger partial charge < -0.3 is 6.92 Å². The summed E-state index contributed by atoms with van der Waals surface area (Å²) in [6.07, 6.45) is 7.12. The van der Waals surface area contributed by atoms with E-state index in [1.807, 2.05) is 6.21 Å². The van der Waals surface area contributed by atoms with Crippen LogP contribution in [0.3, 0.4) is 0 Å². The molecular weight excluding hydrogens is 153 g/mol. The molecule has 0 aromatic rings. The smallest absolute Gasteiger partial charge is 0.333 e. The van der Waals surface area contributed by atoms with Crippen LogP contribution in [0.4, 0.5) is 0 Å². The molecule has 0 aromatic heterocycles. The van der Waals surface area contributed by atoms with Gasteiger partial charge in [0, 0.05) is 6.54 Å². The molecule has 0 heterocycles. The Morgan fingerprint density at radius 2 is 1.85 bits per heavy atom. The van der Waals surface area contributed by atoms with E-state index in [0.29, 0.717) is 0 Å². The molecule has 0 aliphatic rings. The first kappa shape index (κ1) is 15.7. The van der Waals surface area contributed by atoms with Crippen LogP contribution in [0, 0.1) is 12.3 Å². The van der Waals surface area contributed by atoms with E-state index in [1.165, 1.54) is 25.7 Å². The first-order chi connectivity index (χ1) is 5.56. The third kappa shape index (κ3) is 15.1. The topological polar surface area (TPSA) is 12.4 Å². The van der Waals surface area contributed by atoms with Gasteiger partial charge in [0.1, 0.15) is 0 Å². The number of hydrogen-bond acceptors (Lipinski definition) is 1. The van der Waals surface area contributed by atoms with Crippen molar-refractivity contribution in [1.82, 2.24) is 0 Å². The van der Waals surface area contributed by atoms with Gasteiger partial charge in [0.05, 0.1) is 0 Å². The van der Waals surface area contributed by atoms with Crippen molar-refractivity contribution < 1.29 is 18.9 Å². The van der Waals surface area contributed by atoms with Crippen molar-refractivity contribution in [2.24, 2.45) is 10.4 Å². The minimum Gasteiger partial charge on any atom is -0.333 e. The third-order valence-corrected chi connectivity index (χ3v) is 1.58. The van der Waals surface area contributed by atoms with E-state index in [9.17, 15) is 0 Å². The number of nitrogens with zero attached hydrogens (tertiary/aromatic N) is 1. The predicted octanol–water partition coefficient (Wildman–Crippen LogP) is 0.502. The summed E-state index contributed by atoms with van der Waals surface area (Å²) in [5.41, 5.74) is 0.00472. The van der Waals surface area contributed by atoms with Crippen LogP contribution in [0.25, 0.3) is 0 Å². The van der Waals surface area contributed by atoms with E-state index in [4.69, 9.17) is 0 Å². The molecule has 1 nitrogen and oxygen atoms in total. The van der Waals surface area contributed by atoms with Gasteiger partial charge in [0.2, 0.25) is 0 Å². The van der Waals surface area contributed by atoms with Gasteiger partial charge in [0.25, 0.3) is 0 Å². The van der Waals surface area contributed by atoms with Crippen molar-refractivity contribution in [2.45, 2.75) is 46.5 Å². The van der Waals surface area contributed by atoms with E-state index in [2.05, 4.69) is 32.7 Å². The molecule has 0 saturated carbocycles. The summed E-state index contributed by atoms with van der Waals surface area (Å²) in [4.78, 5) is 4.33. The number of aliphatic imine (C=N–C) groups is 1. The van der Waals surface area contributed by atoms with E-state index in [-0.39, 0.29) is 24.3 Å². The summed E-state index contributed by atoms with van der Waals surface area (Å²) in [7, 11) is 0. The fourth-order valence-electron chi connectivity index (χ4n) is 0.942. The molecule has 13 heavy (non-hydrogen) atoms. The van der Waals surface area contributed by atoms with Gasteiger partial charge in [-0.15, -0.1) is 5.41 Å². The summed E-state index contributed by atoms with van der Waals surface area (Å²) >= 11 is 0. The van der Waals surface area contributed by atoms with Crippen molar-refractivity contribution in [3.05, 3.63) is 6.92 Å². The maximum atomic E-state index is 4.33. The van der Waals surface area contributed by atoms with Gasteiger partial charge in [-0.3, -0.25) is 4.99 Å². The van der Waals surface area contributed by atoms with Crippen LogP contribution in [-0.2, 0) is 0 Å². The van der Waals surface area contributed by atoms with E-state index >= 15 is 0 Å². The van der Waals surface area contributed by atoms with Gasteiger partial charge in [-0.2, -0.15) is 0 Å². The molecule has 0 rings (SSSR count). The Hall–Kier alpha value is 0.267. The molecule has 0 spiro atoms. The van der Waals surface area contributed by atoms with Crippen molar-refractivity contribution >= 4 is 6.21 Å². The second-order valence-corrected chi connectivity index (χ2v) is 4.08. The summed E-state index contributed by atoms with van der Waals surface area (Å²) < 4.78 is 0. The molecule has 0 radical (unpaired) electrons. The quantitative estimate of drug-likeness (QED) is 0.241. The molecule has 2 heteroatoms. The monoisotopic (exact) mass is 175 g/mol. The first-order valence-corrected chi connectivity index (χ1v) is 4.92. The minimum absolute atomic E-state index is 0. The van der Waals surface area contributed by atoms with Gasteiger partial charge >= 0.3 is 18.9 Å². The normalized spacial score (nSPS) is 11.7. The van der Waals surface area contributed by atoms with Crippen LogP contribution >= 0.6 is 0 Å². The maximum absolute atomic E-state index is 4.33. The summed E-state index contributed by atoms with van der Waals surface area (Å²) in [5.74, 6) is 0. The third-order valence-electron chi connectivity index (χ3n) is 1.58. The molecule has 0 saturated heterocycles. The molecule has 0 aliphatic heterocycles. The van der Waals surface area contributed by atoms with Gasteiger partial charge in [-0.1, -0.05) is 40.0 Å². The molecule has 0 unspecified atom stereocenters.